The maximum absolute atomic E-state index is 12.5. The van der Waals surface area contributed by atoms with Crippen LogP contribution in [0.1, 0.15) is 29.2 Å². The molecule has 1 heterocycles. The third-order valence-corrected chi connectivity index (χ3v) is 5.00. The molecule has 3 rings (SSSR count). The van der Waals surface area contributed by atoms with E-state index in [1.54, 1.807) is 0 Å². The van der Waals surface area contributed by atoms with Gasteiger partial charge in [-0.15, -0.1) is 0 Å². The van der Waals surface area contributed by atoms with Crippen molar-refractivity contribution < 1.29 is 4.79 Å². The van der Waals surface area contributed by atoms with E-state index < -0.39 is 0 Å². The molecular formula is C21H27N3O. The van der Waals surface area contributed by atoms with Gasteiger partial charge in [-0.1, -0.05) is 54.6 Å². The predicted octanol–water partition coefficient (Wildman–Crippen LogP) is 2.73. The number of nitrogens with two attached hydrogens (primary N) is 1. The lowest BCUT2D eigenvalue weighted by Crippen LogP contribution is -2.48. The van der Waals surface area contributed by atoms with Crippen LogP contribution in [0.3, 0.4) is 0 Å². The Balaban J connectivity index is 1.48. The molecule has 1 fully saturated rings. The van der Waals surface area contributed by atoms with Gasteiger partial charge in [-0.2, -0.15) is 0 Å². The zero-order valence-corrected chi connectivity index (χ0v) is 14.9. The van der Waals surface area contributed by atoms with Crippen LogP contribution < -0.4 is 5.73 Å². The van der Waals surface area contributed by atoms with Crippen molar-refractivity contribution in [1.82, 2.24) is 9.80 Å². The SMILES string of the molecule is Cc1ccccc1CN1CCN(C(=O)CC(N)c2ccccc2)CC1. The van der Waals surface area contributed by atoms with Crippen LogP contribution in [-0.2, 0) is 11.3 Å². The molecule has 2 aromatic rings. The summed E-state index contributed by atoms with van der Waals surface area (Å²) in [6.07, 6.45) is 0.377. The number of aryl methyl sites for hydroxylation is 1. The second kappa shape index (κ2) is 8.28. The molecule has 25 heavy (non-hydrogen) atoms. The first-order valence-electron chi connectivity index (χ1n) is 8.98. The van der Waals surface area contributed by atoms with Gasteiger partial charge in [-0.3, -0.25) is 9.69 Å². The quantitative estimate of drug-likeness (QED) is 0.913. The van der Waals surface area contributed by atoms with Crippen molar-refractivity contribution in [3.8, 4) is 0 Å². The van der Waals surface area contributed by atoms with Gasteiger partial charge in [0.15, 0.2) is 0 Å². The second-order valence-electron chi connectivity index (χ2n) is 6.80. The summed E-state index contributed by atoms with van der Waals surface area (Å²) in [6.45, 7) is 6.51. The van der Waals surface area contributed by atoms with E-state index in [0.717, 1.165) is 38.3 Å². The lowest BCUT2D eigenvalue weighted by molar-refractivity contribution is -0.133. The fourth-order valence-electron chi connectivity index (χ4n) is 3.32. The molecule has 2 aromatic carbocycles. The Morgan fingerprint density at radius 1 is 1.00 bits per heavy atom. The number of rotatable bonds is 5. The summed E-state index contributed by atoms with van der Waals surface area (Å²) in [5.41, 5.74) is 9.91. The Hall–Kier alpha value is -2.17. The summed E-state index contributed by atoms with van der Waals surface area (Å²) >= 11 is 0. The van der Waals surface area contributed by atoms with Crippen molar-refractivity contribution >= 4 is 5.91 Å². The molecule has 0 bridgehead atoms. The molecule has 2 N–H and O–H groups in total. The molecular weight excluding hydrogens is 310 g/mol. The minimum Gasteiger partial charge on any atom is -0.340 e. The van der Waals surface area contributed by atoms with Crippen molar-refractivity contribution in [2.24, 2.45) is 5.73 Å². The van der Waals surface area contributed by atoms with Crippen molar-refractivity contribution in [3.63, 3.8) is 0 Å². The van der Waals surface area contributed by atoms with Crippen molar-refractivity contribution in [2.75, 3.05) is 26.2 Å². The van der Waals surface area contributed by atoms with Crippen LogP contribution in [0, 0.1) is 6.92 Å². The standard InChI is InChI=1S/C21H27N3O/c1-17-7-5-6-10-19(17)16-23-11-13-24(14-12-23)21(25)15-20(22)18-8-3-2-4-9-18/h2-10,20H,11-16,22H2,1H3. The lowest BCUT2D eigenvalue weighted by atomic mass is 10.0. The molecule has 1 atom stereocenters. The molecule has 0 spiro atoms. The van der Waals surface area contributed by atoms with Crippen molar-refractivity contribution in [1.29, 1.82) is 0 Å². The summed E-state index contributed by atoms with van der Waals surface area (Å²) in [7, 11) is 0. The molecule has 0 radical (unpaired) electrons. The minimum atomic E-state index is -0.223. The van der Waals surface area contributed by atoms with Crippen molar-refractivity contribution in [3.05, 3.63) is 71.3 Å². The highest BCUT2D eigenvalue weighted by Gasteiger charge is 2.23. The van der Waals surface area contributed by atoms with E-state index in [1.807, 2.05) is 35.2 Å². The Morgan fingerprint density at radius 2 is 1.64 bits per heavy atom. The van der Waals surface area contributed by atoms with Gasteiger partial charge in [-0.25, -0.2) is 0 Å². The number of carbonyl (C=O) groups excluding carboxylic acids is 1. The molecule has 1 saturated heterocycles. The highest BCUT2D eigenvalue weighted by atomic mass is 16.2. The fraction of sp³-hybridized carbons (Fsp3) is 0.381. The fourth-order valence-corrected chi connectivity index (χ4v) is 3.32. The van der Waals surface area contributed by atoms with Gasteiger partial charge in [0.1, 0.15) is 0 Å². The molecule has 1 amide bonds. The van der Waals surface area contributed by atoms with Crippen molar-refractivity contribution in [2.45, 2.75) is 25.9 Å². The summed E-state index contributed by atoms with van der Waals surface area (Å²) in [6, 6.07) is 18.1. The zero-order chi connectivity index (χ0) is 17.6. The van der Waals surface area contributed by atoms with Crippen LogP contribution in [0.2, 0.25) is 0 Å². The van der Waals surface area contributed by atoms with Gasteiger partial charge in [0.25, 0.3) is 0 Å². The topological polar surface area (TPSA) is 49.6 Å². The van der Waals surface area contributed by atoms with Gasteiger partial charge in [0.05, 0.1) is 0 Å². The first-order chi connectivity index (χ1) is 12.1. The summed E-state index contributed by atoms with van der Waals surface area (Å²) in [5, 5.41) is 0. The van der Waals surface area contributed by atoms with E-state index in [-0.39, 0.29) is 11.9 Å². The Bertz CT molecular complexity index is 693. The minimum absolute atomic E-state index is 0.159. The predicted molar refractivity (Wildman–Crippen MR) is 101 cm³/mol. The zero-order valence-electron chi connectivity index (χ0n) is 14.9. The molecule has 1 aliphatic heterocycles. The third kappa shape index (κ3) is 4.68. The molecule has 1 unspecified atom stereocenters. The largest absolute Gasteiger partial charge is 0.340 e. The van der Waals surface area contributed by atoms with Crippen LogP contribution in [0.15, 0.2) is 54.6 Å². The first-order valence-corrected chi connectivity index (χ1v) is 8.98. The van der Waals surface area contributed by atoms with Gasteiger partial charge in [0, 0.05) is 45.2 Å². The average molecular weight is 337 g/mol. The highest BCUT2D eigenvalue weighted by molar-refractivity contribution is 5.77. The monoisotopic (exact) mass is 337 g/mol. The summed E-state index contributed by atoms with van der Waals surface area (Å²) in [5.74, 6) is 0.159. The van der Waals surface area contributed by atoms with Gasteiger partial charge in [0.2, 0.25) is 5.91 Å². The summed E-state index contributed by atoms with van der Waals surface area (Å²) in [4.78, 5) is 16.9. The molecule has 1 aliphatic rings. The van der Waals surface area contributed by atoms with Crippen LogP contribution in [0.4, 0.5) is 0 Å². The summed E-state index contributed by atoms with van der Waals surface area (Å²) < 4.78 is 0. The van der Waals surface area contributed by atoms with E-state index in [1.165, 1.54) is 11.1 Å². The van der Waals surface area contributed by atoms with E-state index in [9.17, 15) is 4.79 Å². The average Bonchev–Trinajstić information content (AvgIpc) is 2.65. The first kappa shape index (κ1) is 17.6. The Labute approximate surface area is 150 Å². The molecule has 132 valence electrons. The Morgan fingerprint density at radius 3 is 2.32 bits per heavy atom. The maximum atomic E-state index is 12.5. The number of piperazine rings is 1. The van der Waals surface area contributed by atoms with Gasteiger partial charge >= 0.3 is 0 Å². The van der Waals surface area contributed by atoms with Crippen LogP contribution in [0.5, 0.6) is 0 Å². The van der Waals surface area contributed by atoms with Crippen LogP contribution >= 0.6 is 0 Å². The smallest absolute Gasteiger partial charge is 0.224 e. The van der Waals surface area contributed by atoms with E-state index in [4.69, 9.17) is 5.73 Å². The van der Waals surface area contributed by atoms with Gasteiger partial charge in [-0.05, 0) is 23.6 Å². The number of hydrogen-bond acceptors (Lipinski definition) is 3. The molecule has 4 heteroatoms. The van der Waals surface area contributed by atoms with Crippen LogP contribution in [0.25, 0.3) is 0 Å². The Kier molecular flexibility index (Phi) is 5.84. The molecule has 0 saturated carbocycles. The van der Waals surface area contributed by atoms with E-state index >= 15 is 0 Å². The van der Waals surface area contributed by atoms with E-state index in [2.05, 4.69) is 36.1 Å². The van der Waals surface area contributed by atoms with Gasteiger partial charge < -0.3 is 10.6 Å². The molecule has 0 aromatic heterocycles. The molecule has 4 nitrogen and oxygen atoms in total. The number of benzene rings is 2. The maximum Gasteiger partial charge on any atom is 0.224 e. The highest BCUT2D eigenvalue weighted by Crippen LogP contribution is 2.17. The third-order valence-electron chi connectivity index (χ3n) is 5.00. The number of nitrogens with zero attached hydrogens (tertiary/aromatic N) is 2. The van der Waals surface area contributed by atoms with E-state index in [0.29, 0.717) is 6.42 Å². The number of amides is 1. The second-order valence-corrected chi connectivity index (χ2v) is 6.80. The number of hydrogen-bond donors (Lipinski definition) is 1. The molecule has 0 aliphatic carbocycles. The number of carbonyl (C=O) groups is 1. The lowest BCUT2D eigenvalue weighted by Gasteiger charge is -2.35. The van der Waals surface area contributed by atoms with Crippen LogP contribution in [-0.4, -0.2) is 41.9 Å². The normalized spacial score (nSPS) is 16.6.